The second kappa shape index (κ2) is 6.67. The smallest absolute Gasteiger partial charge is 0.130 e. The van der Waals surface area contributed by atoms with Crippen LogP contribution in [0.15, 0.2) is 18.2 Å². The maximum Gasteiger partial charge on any atom is 0.130 e. The van der Waals surface area contributed by atoms with Gasteiger partial charge in [-0.05, 0) is 39.2 Å². The third-order valence-corrected chi connectivity index (χ3v) is 2.54. The molecule has 1 atom stereocenters. The van der Waals surface area contributed by atoms with Gasteiger partial charge in [0.05, 0.1) is 6.04 Å². The van der Waals surface area contributed by atoms with Gasteiger partial charge in [0.25, 0.3) is 0 Å². The molecule has 17 heavy (non-hydrogen) atoms. The summed E-state index contributed by atoms with van der Waals surface area (Å²) in [5.74, 6) is -0.971. The first-order valence-electron chi connectivity index (χ1n) is 5.88. The Labute approximate surface area is 102 Å². The van der Waals surface area contributed by atoms with Crippen molar-refractivity contribution in [1.82, 2.24) is 10.2 Å². The summed E-state index contributed by atoms with van der Waals surface area (Å²) >= 11 is 0. The molecule has 0 radical (unpaired) electrons. The van der Waals surface area contributed by atoms with Gasteiger partial charge in [-0.3, -0.25) is 0 Å². The highest BCUT2D eigenvalue weighted by Crippen LogP contribution is 2.21. The van der Waals surface area contributed by atoms with Crippen molar-refractivity contribution in [2.45, 2.75) is 19.4 Å². The zero-order valence-electron chi connectivity index (χ0n) is 10.6. The molecule has 0 saturated carbocycles. The summed E-state index contributed by atoms with van der Waals surface area (Å²) in [5.41, 5.74) is 0.134. The molecule has 1 N–H and O–H groups in total. The summed E-state index contributed by atoms with van der Waals surface area (Å²) in [4.78, 5) is 1.92. The van der Waals surface area contributed by atoms with Gasteiger partial charge in [-0.25, -0.2) is 8.78 Å². The zero-order valence-corrected chi connectivity index (χ0v) is 10.6. The Morgan fingerprint density at radius 2 is 1.82 bits per heavy atom. The summed E-state index contributed by atoms with van der Waals surface area (Å²) < 4.78 is 27.4. The highest BCUT2D eigenvalue weighted by Gasteiger charge is 2.19. The highest BCUT2D eigenvalue weighted by molar-refractivity contribution is 5.23. The molecular formula is C13H20F2N2. The Balaban J connectivity index is 2.94. The van der Waals surface area contributed by atoms with E-state index in [2.05, 4.69) is 5.32 Å². The van der Waals surface area contributed by atoms with Crippen LogP contribution < -0.4 is 5.32 Å². The van der Waals surface area contributed by atoms with Gasteiger partial charge >= 0.3 is 0 Å². The molecule has 0 spiro atoms. The van der Waals surface area contributed by atoms with Crippen LogP contribution in [-0.2, 0) is 0 Å². The fourth-order valence-corrected chi connectivity index (χ4v) is 1.79. The number of nitrogens with zero attached hydrogens (tertiary/aromatic N) is 1. The van der Waals surface area contributed by atoms with E-state index in [1.165, 1.54) is 18.2 Å². The lowest BCUT2D eigenvalue weighted by molar-refractivity contribution is 0.330. The molecular weight excluding hydrogens is 222 g/mol. The van der Waals surface area contributed by atoms with Crippen LogP contribution >= 0.6 is 0 Å². The number of nitrogens with one attached hydrogen (secondary N) is 1. The first-order chi connectivity index (χ1) is 8.06. The van der Waals surface area contributed by atoms with Crippen molar-refractivity contribution in [3.05, 3.63) is 35.4 Å². The number of hydrogen-bond donors (Lipinski definition) is 1. The average Bonchev–Trinajstić information content (AvgIpc) is 2.24. The molecule has 1 unspecified atom stereocenters. The first kappa shape index (κ1) is 14.1. The second-order valence-electron chi connectivity index (χ2n) is 4.40. The quantitative estimate of drug-likeness (QED) is 0.824. The van der Waals surface area contributed by atoms with E-state index >= 15 is 0 Å². The summed E-state index contributed by atoms with van der Waals surface area (Å²) in [6, 6.07) is 3.68. The lowest BCUT2D eigenvalue weighted by atomic mass is 10.0. The topological polar surface area (TPSA) is 15.3 Å². The Morgan fingerprint density at radius 3 is 2.29 bits per heavy atom. The van der Waals surface area contributed by atoms with Crippen molar-refractivity contribution in [1.29, 1.82) is 0 Å². The zero-order chi connectivity index (χ0) is 12.8. The van der Waals surface area contributed by atoms with Crippen molar-refractivity contribution in [3.63, 3.8) is 0 Å². The molecule has 0 aromatic heterocycles. The van der Waals surface area contributed by atoms with Crippen LogP contribution in [0, 0.1) is 11.6 Å². The van der Waals surface area contributed by atoms with Gasteiger partial charge < -0.3 is 10.2 Å². The van der Waals surface area contributed by atoms with Crippen molar-refractivity contribution in [2.75, 3.05) is 27.2 Å². The van der Waals surface area contributed by atoms with E-state index in [9.17, 15) is 8.78 Å². The molecule has 96 valence electrons. The van der Waals surface area contributed by atoms with Gasteiger partial charge in [-0.1, -0.05) is 13.0 Å². The van der Waals surface area contributed by atoms with Gasteiger partial charge in [0, 0.05) is 12.1 Å². The molecule has 1 aromatic rings. The van der Waals surface area contributed by atoms with Gasteiger partial charge in [0.1, 0.15) is 11.6 Å². The lowest BCUT2D eigenvalue weighted by Gasteiger charge is -2.23. The van der Waals surface area contributed by atoms with Gasteiger partial charge in [0.2, 0.25) is 0 Å². The Hall–Kier alpha value is -1.00. The molecule has 4 heteroatoms. The molecule has 0 aliphatic rings. The van der Waals surface area contributed by atoms with Gasteiger partial charge in [0.15, 0.2) is 0 Å². The van der Waals surface area contributed by atoms with E-state index in [4.69, 9.17) is 0 Å². The summed E-state index contributed by atoms with van der Waals surface area (Å²) in [7, 11) is 3.78. The van der Waals surface area contributed by atoms with E-state index in [1.807, 2.05) is 25.9 Å². The normalized spacial score (nSPS) is 13.1. The van der Waals surface area contributed by atoms with Crippen molar-refractivity contribution in [2.24, 2.45) is 0 Å². The number of halogens is 2. The van der Waals surface area contributed by atoms with Crippen molar-refractivity contribution < 1.29 is 8.78 Å². The van der Waals surface area contributed by atoms with Crippen LogP contribution in [0.25, 0.3) is 0 Å². The minimum Gasteiger partial charge on any atom is -0.309 e. The SMILES string of the molecule is CCCNC(CN(C)C)c1c(F)cccc1F. The van der Waals surface area contributed by atoms with E-state index < -0.39 is 11.6 Å². The molecule has 1 rings (SSSR count). The highest BCUT2D eigenvalue weighted by atomic mass is 19.1. The lowest BCUT2D eigenvalue weighted by Crippen LogP contribution is -2.33. The third-order valence-electron chi connectivity index (χ3n) is 2.54. The number of hydrogen-bond acceptors (Lipinski definition) is 2. The predicted octanol–water partition coefficient (Wildman–Crippen LogP) is 2.57. The van der Waals surface area contributed by atoms with Crippen LogP contribution in [0.2, 0.25) is 0 Å². The first-order valence-corrected chi connectivity index (χ1v) is 5.88. The third kappa shape index (κ3) is 4.06. The Kier molecular flexibility index (Phi) is 5.51. The summed E-state index contributed by atoms with van der Waals surface area (Å²) in [6.45, 7) is 3.33. The standard InChI is InChI=1S/C13H20F2N2/c1-4-8-16-12(9-17(2)3)13-10(14)6-5-7-11(13)15/h5-7,12,16H,4,8-9H2,1-3H3. The van der Waals surface area contributed by atoms with E-state index in [0.717, 1.165) is 13.0 Å². The molecule has 1 aromatic carbocycles. The van der Waals surface area contributed by atoms with Crippen LogP contribution in [0.4, 0.5) is 8.78 Å². The maximum absolute atomic E-state index is 13.7. The molecule has 0 saturated heterocycles. The van der Waals surface area contributed by atoms with Crippen LogP contribution in [0.5, 0.6) is 0 Å². The van der Waals surface area contributed by atoms with Crippen molar-refractivity contribution >= 4 is 0 Å². The van der Waals surface area contributed by atoms with Crippen LogP contribution in [0.3, 0.4) is 0 Å². The van der Waals surface area contributed by atoms with Crippen molar-refractivity contribution in [3.8, 4) is 0 Å². The summed E-state index contributed by atoms with van der Waals surface area (Å²) in [6.07, 6.45) is 0.931. The van der Waals surface area contributed by atoms with Crippen LogP contribution in [-0.4, -0.2) is 32.1 Å². The Morgan fingerprint density at radius 1 is 1.24 bits per heavy atom. The maximum atomic E-state index is 13.7. The molecule has 0 aliphatic carbocycles. The predicted molar refractivity (Wildman–Crippen MR) is 65.9 cm³/mol. The number of rotatable bonds is 6. The number of benzene rings is 1. The second-order valence-corrected chi connectivity index (χ2v) is 4.40. The minimum atomic E-state index is -0.486. The van der Waals surface area contributed by atoms with E-state index in [-0.39, 0.29) is 11.6 Å². The largest absolute Gasteiger partial charge is 0.309 e. The molecule has 0 aliphatic heterocycles. The summed E-state index contributed by atoms with van der Waals surface area (Å²) in [5, 5.41) is 3.18. The Bertz CT molecular complexity index is 333. The fourth-order valence-electron chi connectivity index (χ4n) is 1.79. The minimum absolute atomic E-state index is 0.134. The molecule has 0 amide bonds. The van der Waals surface area contributed by atoms with Crippen LogP contribution in [0.1, 0.15) is 24.9 Å². The molecule has 0 bridgehead atoms. The fraction of sp³-hybridized carbons (Fsp3) is 0.538. The van der Waals surface area contributed by atoms with E-state index in [1.54, 1.807) is 0 Å². The molecule has 2 nitrogen and oxygen atoms in total. The molecule has 0 heterocycles. The molecule has 0 fully saturated rings. The van der Waals surface area contributed by atoms with Gasteiger partial charge in [-0.15, -0.1) is 0 Å². The van der Waals surface area contributed by atoms with Gasteiger partial charge in [-0.2, -0.15) is 0 Å². The monoisotopic (exact) mass is 242 g/mol. The number of likely N-dealkylation sites (N-methyl/N-ethyl adjacent to an activating group) is 1. The van der Waals surface area contributed by atoms with E-state index in [0.29, 0.717) is 6.54 Å². The average molecular weight is 242 g/mol.